The molecule has 0 saturated carbocycles. The van der Waals surface area contributed by atoms with Crippen LogP contribution in [0.25, 0.3) is 0 Å². The fourth-order valence-corrected chi connectivity index (χ4v) is 3.58. The first-order chi connectivity index (χ1) is 10.1. The number of rotatable bonds is 2. The third-order valence-corrected chi connectivity index (χ3v) is 4.79. The molecular weight excluding hydrogens is 310 g/mol. The van der Waals surface area contributed by atoms with E-state index in [9.17, 15) is 14.7 Å². The number of fused-ring (bicyclic) bond motifs is 1. The van der Waals surface area contributed by atoms with E-state index >= 15 is 0 Å². The summed E-state index contributed by atoms with van der Waals surface area (Å²) in [5.41, 5.74) is 2.06. The molecule has 0 unspecified atom stereocenters. The van der Waals surface area contributed by atoms with E-state index in [0.29, 0.717) is 34.3 Å². The van der Waals surface area contributed by atoms with Crippen molar-refractivity contribution in [3.8, 4) is 0 Å². The topological polar surface area (TPSA) is 57.6 Å². The van der Waals surface area contributed by atoms with Gasteiger partial charge in [-0.05, 0) is 35.7 Å². The van der Waals surface area contributed by atoms with E-state index in [1.807, 2.05) is 6.07 Å². The average molecular weight is 322 g/mol. The van der Waals surface area contributed by atoms with Gasteiger partial charge in [0.25, 0.3) is 5.91 Å². The maximum atomic E-state index is 12.4. The predicted molar refractivity (Wildman–Crippen MR) is 81.2 cm³/mol. The molecule has 3 rings (SSSR count). The van der Waals surface area contributed by atoms with E-state index in [0.717, 1.165) is 11.1 Å². The molecule has 1 aliphatic heterocycles. The number of carboxylic acids is 1. The van der Waals surface area contributed by atoms with Crippen molar-refractivity contribution in [1.82, 2.24) is 4.90 Å². The van der Waals surface area contributed by atoms with E-state index in [1.165, 1.54) is 11.3 Å². The van der Waals surface area contributed by atoms with Crippen molar-refractivity contribution >= 4 is 34.8 Å². The molecule has 21 heavy (non-hydrogen) atoms. The summed E-state index contributed by atoms with van der Waals surface area (Å²) in [5, 5.41) is 9.20. The highest BCUT2D eigenvalue weighted by molar-refractivity contribution is 7.17. The highest BCUT2D eigenvalue weighted by Crippen LogP contribution is 2.27. The number of hydrogen-bond donors (Lipinski definition) is 1. The zero-order chi connectivity index (χ0) is 15.0. The zero-order valence-electron chi connectivity index (χ0n) is 11.0. The molecule has 0 fully saturated rings. The standard InChI is InChI=1S/C15H12ClNO3S/c16-13-5-4-12(21-13)14(18)17-7-6-10-9(8-17)2-1-3-11(10)15(19)20/h1-5H,6-8H2,(H,19,20). The molecule has 108 valence electrons. The monoisotopic (exact) mass is 321 g/mol. The summed E-state index contributed by atoms with van der Waals surface area (Å²) in [6, 6.07) is 8.64. The lowest BCUT2D eigenvalue weighted by Crippen LogP contribution is -2.36. The van der Waals surface area contributed by atoms with E-state index in [4.69, 9.17) is 11.6 Å². The number of hydrogen-bond acceptors (Lipinski definition) is 3. The van der Waals surface area contributed by atoms with Gasteiger partial charge < -0.3 is 10.0 Å². The molecule has 0 atom stereocenters. The number of thiophene rings is 1. The van der Waals surface area contributed by atoms with Gasteiger partial charge in [0.15, 0.2) is 0 Å². The van der Waals surface area contributed by atoms with Crippen LogP contribution in [-0.4, -0.2) is 28.4 Å². The summed E-state index contributed by atoms with van der Waals surface area (Å²) in [6.07, 6.45) is 0.558. The van der Waals surface area contributed by atoms with Gasteiger partial charge in [-0.3, -0.25) is 4.79 Å². The molecule has 1 aromatic heterocycles. The van der Waals surface area contributed by atoms with Crippen LogP contribution in [0.3, 0.4) is 0 Å². The molecule has 0 saturated heterocycles. The van der Waals surface area contributed by atoms with Crippen molar-refractivity contribution in [2.24, 2.45) is 0 Å². The summed E-state index contributed by atoms with van der Waals surface area (Å²) in [6.45, 7) is 0.955. The average Bonchev–Trinajstić information content (AvgIpc) is 2.91. The van der Waals surface area contributed by atoms with Crippen LogP contribution in [0.1, 0.15) is 31.2 Å². The molecule has 0 spiro atoms. The number of carbonyl (C=O) groups excluding carboxylic acids is 1. The Morgan fingerprint density at radius 2 is 2.05 bits per heavy atom. The molecule has 4 nitrogen and oxygen atoms in total. The van der Waals surface area contributed by atoms with Gasteiger partial charge in [-0.2, -0.15) is 0 Å². The van der Waals surface area contributed by atoms with Crippen LogP contribution in [-0.2, 0) is 13.0 Å². The van der Waals surface area contributed by atoms with Crippen LogP contribution in [0.5, 0.6) is 0 Å². The Balaban J connectivity index is 1.86. The molecule has 0 bridgehead atoms. The normalized spacial score (nSPS) is 13.9. The van der Waals surface area contributed by atoms with Crippen molar-refractivity contribution in [1.29, 1.82) is 0 Å². The predicted octanol–water partition coefficient (Wildman–Crippen LogP) is 3.30. The number of benzene rings is 1. The highest BCUT2D eigenvalue weighted by Gasteiger charge is 2.25. The molecule has 2 heterocycles. The quantitative estimate of drug-likeness (QED) is 0.923. The Bertz CT molecular complexity index is 725. The lowest BCUT2D eigenvalue weighted by atomic mass is 9.94. The minimum atomic E-state index is -0.920. The van der Waals surface area contributed by atoms with Gasteiger partial charge in [0.1, 0.15) is 0 Å². The largest absolute Gasteiger partial charge is 0.478 e. The van der Waals surface area contributed by atoms with Crippen molar-refractivity contribution in [2.45, 2.75) is 13.0 Å². The number of carboxylic acid groups (broad SMARTS) is 1. The molecule has 1 aliphatic rings. The fourth-order valence-electron chi connectivity index (χ4n) is 2.57. The first kappa shape index (κ1) is 14.1. The smallest absolute Gasteiger partial charge is 0.335 e. The van der Waals surface area contributed by atoms with Gasteiger partial charge in [0, 0.05) is 13.1 Å². The zero-order valence-corrected chi connectivity index (χ0v) is 12.6. The molecular formula is C15H12ClNO3S. The molecule has 1 aromatic carbocycles. The first-order valence-electron chi connectivity index (χ1n) is 6.45. The Labute approximate surface area is 130 Å². The minimum absolute atomic E-state index is 0.0571. The van der Waals surface area contributed by atoms with Gasteiger partial charge in [0.05, 0.1) is 14.8 Å². The molecule has 1 amide bonds. The van der Waals surface area contributed by atoms with Crippen LogP contribution in [0.2, 0.25) is 4.34 Å². The Kier molecular flexibility index (Phi) is 3.69. The maximum absolute atomic E-state index is 12.4. The number of nitrogens with zero attached hydrogens (tertiary/aromatic N) is 1. The third kappa shape index (κ3) is 2.66. The number of aromatic carboxylic acids is 1. The Morgan fingerprint density at radius 1 is 1.24 bits per heavy atom. The van der Waals surface area contributed by atoms with E-state index < -0.39 is 5.97 Å². The highest BCUT2D eigenvalue weighted by atomic mass is 35.5. The number of amides is 1. The molecule has 6 heteroatoms. The molecule has 0 radical (unpaired) electrons. The Hall–Kier alpha value is -1.85. The summed E-state index contributed by atoms with van der Waals surface area (Å²) in [5.74, 6) is -0.977. The van der Waals surface area contributed by atoms with Crippen LogP contribution < -0.4 is 0 Å². The summed E-state index contributed by atoms with van der Waals surface area (Å²) in [7, 11) is 0. The summed E-state index contributed by atoms with van der Waals surface area (Å²) < 4.78 is 0.587. The second-order valence-electron chi connectivity index (χ2n) is 4.83. The van der Waals surface area contributed by atoms with Gasteiger partial charge >= 0.3 is 5.97 Å². The van der Waals surface area contributed by atoms with Crippen LogP contribution >= 0.6 is 22.9 Å². The second-order valence-corrected chi connectivity index (χ2v) is 6.54. The third-order valence-electron chi connectivity index (χ3n) is 3.57. The van der Waals surface area contributed by atoms with Crippen LogP contribution in [0, 0.1) is 0 Å². The number of carbonyl (C=O) groups is 2. The lowest BCUT2D eigenvalue weighted by Gasteiger charge is -2.29. The fraction of sp³-hybridized carbons (Fsp3) is 0.200. The van der Waals surface area contributed by atoms with Crippen molar-refractivity contribution in [3.05, 3.63) is 56.2 Å². The van der Waals surface area contributed by atoms with Gasteiger partial charge in [-0.1, -0.05) is 23.7 Å². The lowest BCUT2D eigenvalue weighted by molar-refractivity contribution is 0.0694. The SMILES string of the molecule is O=C(O)c1cccc2c1CCN(C(=O)c1ccc(Cl)s1)C2. The van der Waals surface area contributed by atoms with Gasteiger partial charge in [-0.15, -0.1) is 11.3 Å². The van der Waals surface area contributed by atoms with Gasteiger partial charge in [-0.25, -0.2) is 4.79 Å². The van der Waals surface area contributed by atoms with Gasteiger partial charge in [0.2, 0.25) is 0 Å². The summed E-state index contributed by atoms with van der Waals surface area (Å²) >= 11 is 7.12. The van der Waals surface area contributed by atoms with Crippen LogP contribution in [0.4, 0.5) is 0 Å². The first-order valence-corrected chi connectivity index (χ1v) is 7.64. The van der Waals surface area contributed by atoms with E-state index in [1.54, 1.807) is 29.2 Å². The molecule has 2 aromatic rings. The van der Waals surface area contributed by atoms with E-state index in [-0.39, 0.29) is 5.91 Å². The molecule has 0 aliphatic carbocycles. The van der Waals surface area contributed by atoms with Crippen LogP contribution in [0.15, 0.2) is 30.3 Å². The van der Waals surface area contributed by atoms with Crippen molar-refractivity contribution < 1.29 is 14.7 Å². The Morgan fingerprint density at radius 3 is 2.71 bits per heavy atom. The second kappa shape index (κ2) is 5.50. The maximum Gasteiger partial charge on any atom is 0.335 e. The molecule has 1 N–H and O–H groups in total. The summed E-state index contributed by atoms with van der Waals surface area (Å²) in [4.78, 5) is 26.0. The number of halogens is 1. The van der Waals surface area contributed by atoms with Crippen molar-refractivity contribution in [2.75, 3.05) is 6.54 Å². The van der Waals surface area contributed by atoms with Crippen molar-refractivity contribution in [3.63, 3.8) is 0 Å². The minimum Gasteiger partial charge on any atom is -0.478 e. The van der Waals surface area contributed by atoms with E-state index in [2.05, 4.69) is 0 Å².